The fraction of sp³-hybridized carbons (Fsp3) is 0.381. The van der Waals surface area contributed by atoms with Gasteiger partial charge in [0.2, 0.25) is 0 Å². The Morgan fingerprint density at radius 2 is 1.59 bits per heavy atom. The Hall–Kier alpha value is -2.73. The van der Waals surface area contributed by atoms with Crippen molar-refractivity contribution in [1.29, 1.82) is 0 Å². The van der Waals surface area contributed by atoms with Crippen LogP contribution in [0, 0.1) is 5.41 Å². The molecule has 0 amide bonds. The van der Waals surface area contributed by atoms with Crippen molar-refractivity contribution in [3.8, 4) is 17.2 Å². The van der Waals surface area contributed by atoms with Crippen molar-refractivity contribution in [3.63, 3.8) is 0 Å². The van der Waals surface area contributed by atoms with Gasteiger partial charge in [0.15, 0.2) is 11.5 Å². The lowest BCUT2D eigenvalue weighted by molar-refractivity contribution is -0.152. The summed E-state index contributed by atoms with van der Waals surface area (Å²) in [4.78, 5) is 12.2. The number of hydrogen-bond acceptors (Lipinski definition) is 6. The molecule has 2 N–H and O–H groups in total. The van der Waals surface area contributed by atoms with Gasteiger partial charge in [0.1, 0.15) is 12.4 Å². The quantitative estimate of drug-likeness (QED) is 0.714. The Balaban J connectivity index is 2.45. The number of carbonyl (C=O) groups is 1. The second-order valence-corrected chi connectivity index (χ2v) is 6.71. The van der Waals surface area contributed by atoms with E-state index in [1.54, 1.807) is 40.2 Å². The minimum atomic E-state index is -0.959. The van der Waals surface area contributed by atoms with E-state index < -0.39 is 17.4 Å². The van der Waals surface area contributed by atoms with E-state index in [1.165, 1.54) is 7.11 Å². The molecule has 0 spiro atoms. The average Bonchev–Trinajstić information content (AvgIpc) is 2.70. The molecule has 0 saturated carbocycles. The first-order valence-electron chi connectivity index (χ1n) is 8.61. The molecular weight excluding hydrogens is 346 g/mol. The molecule has 0 saturated heterocycles. The summed E-state index contributed by atoms with van der Waals surface area (Å²) in [7, 11) is 4.44. The third-order valence-corrected chi connectivity index (χ3v) is 4.58. The van der Waals surface area contributed by atoms with Crippen molar-refractivity contribution in [1.82, 2.24) is 0 Å². The zero-order chi connectivity index (χ0) is 20.0. The van der Waals surface area contributed by atoms with Crippen LogP contribution in [0.1, 0.15) is 31.0 Å². The predicted octanol–water partition coefficient (Wildman–Crippen LogP) is 3.48. The van der Waals surface area contributed by atoms with Crippen LogP contribution in [0.15, 0.2) is 42.5 Å². The minimum Gasteiger partial charge on any atom is -0.493 e. The summed E-state index contributed by atoms with van der Waals surface area (Å²) in [5.74, 6) is 1.16. The first-order chi connectivity index (χ1) is 12.8. The number of ether oxygens (including phenoxy) is 4. The summed E-state index contributed by atoms with van der Waals surface area (Å²) in [6.07, 6.45) is 0. The molecule has 0 aliphatic carbocycles. The lowest BCUT2D eigenvalue weighted by Crippen LogP contribution is -2.37. The van der Waals surface area contributed by atoms with Crippen LogP contribution in [-0.2, 0) is 16.1 Å². The largest absolute Gasteiger partial charge is 0.493 e. The summed E-state index contributed by atoms with van der Waals surface area (Å²) in [5.41, 5.74) is 7.15. The number of methoxy groups -OCH3 is 3. The highest BCUT2D eigenvalue weighted by Gasteiger charge is 2.38. The molecule has 0 aliphatic heterocycles. The summed E-state index contributed by atoms with van der Waals surface area (Å²) in [6.45, 7) is 3.83. The second kappa shape index (κ2) is 8.77. The van der Waals surface area contributed by atoms with E-state index in [0.29, 0.717) is 29.4 Å². The molecule has 0 aromatic heterocycles. The topological polar surface area (TPSA) is 80.0 Å². The van der Waals surface area contributed by atoms with E-state index >= 15 is 0 Å². The monoisotopic (exact) mass is 373 g/mol. The zero-order valence-electron chi connectivity index (χ0n) is 16.4. The van der Waals surface area contributed by atoms with Crippen molar-refractivity contribution in [2.24, 2.45) is 11.1 Å². The molecule has 2 aromatic carbocycles. The normalized spacial score (nSPS) is 12.2. The smallest absolute Gasteiger partial charge is 0.313 e. The van der Waals surface area contributed by atoms with Gasteiger partial charge < -0.3 is 24.7 Å². The Kier molecular flexibility index (Phi) is 6.69. The summed E-state index contributed by atoms with van der Waals surface area (Å²) in [6, 6.07) is 12.6. The number of rotatable bonds is 8. The van der Waals surface area contributed by atoms with E-state index in [-0.39, 0.29) is 0 Å². The molecule has 0 fully saturated rings. The summed E-state index contributed by atoms with van der Waals surface area (Å²) in [5, 5.41) is 0. The van der Waals surface area contributed by atoms with Crippen LogP contribution in [0.2, 0.25) is 0 Å². The van der Waals surface area contributed by atoms with Gasteiger partial charge >= 0.3 is 5.97 Å². The molecule has 0 bridgehead atoms. The molecular formula is C21H27NO5. The third-order valence-electron chi connectivity index (χ3n) is 4.58. The van der Waals surface area contributed by atoms with E-state index in [2.05, 4.69) is 0 Å². The Morgan fingerprint density at radius 1 is 1.00 bits per heavy atom. The minimum absolute atomic E-state index is 0.356. The van der Waals surface area contributed by atoms with Crippen LogP contribution in [-0.4, -0.2) is 27.3 Å². The Labute approximate surface area is 160 Å². The van der Waals surface area contributed by atoms with Crippen molar-refractivity contribution in [2.75, 3.05) is 21.3 Å². The van der Waals surface area contributed by atoms with Crippen molar-refractivity contribution in [3.05, 3.63) is 53.6 Å². The van der Waals surface area contributed by atoms with Gasteiger partial charge in [-0.15, -0.1) is 0 Å². The van der Waals surface area contributed by atoms with Gasteiger partial charge in [-0.1, -0.05) is 30.3 Å². The first-order valence-corrected chi connectivity index (χ1v) is 8.61. The zero-order valence-corrected chi connectivity index (χ0v) is 16.4. The van der Waals surface area contributed by atoms with Crippen LogP contribution in [0.25, 0.3) is 0 Å². The predicted molar refractivity (Wildman–Crippen MR) is 103 cm³/mol. The lowest BCUT2D eigenvalue weighted by atomic mass is 9.80. The molecule has 0 aliphatic rings. The van der Waals surface area contributed by atoms with E-state index in [4.69, 9.17) is 24.7 Å². The van der Waals surface area contributed by atoms with Crippen LogP contribution in [0.5, 0.6) is 17.2 Å². The maximum atomic E-state index is 12.2. The fourth-order valence-electron chi connectivity index (χ4n) is 2.76. The van der Waals surface area contributed by atoms with Gasteiger partial charge in [0, 0.05) is 17.7 Å². The van der Waals surface area contributed by atoms with Crippen LogP contribution < -0.4 is 19.9 Å². The molecule has 1 atom stereocenters. The summed E-state index contributed by atoms with van der Waals surface area (Å²) < 4.78 is 21.7. The number of hydrogen-bond donors (Lipinski definition) is 1. The SMILES string of the molecule is COC(=O)C(C)(C)[C@H](N)c1cc(OC)c(OC)cc1OCc1ccccc1. The van der Waals surface area contributed by atoms with Crippen molar-refractivity contribution in [2.45, 2.75) is 26.5 Å². The van der Waals surface area contributed by atoms with Gasteiger partial charge in [-0.2, -0.15) is 0 Å². The van der Waals surface area contributed by atoms with E-state index in [0.717, 1.165) is 5.56 Å². The standard InChI is InChI=1S/C21H27NO5/c1-21(2,20(23)26-5)19(22)15-11-17(24-3)18(25-4)12-16(15)27-13-14-9-7-6-8-10-14/h6-12,19H,13,22H2,1-5H3/t19-/m1/s1. The number of carbonyl (C=O) groups excluding carboxylic acids is 1. The first kappa shape index (κ1) is 20.6. The molecule has 146 valence electrons. The maximum Gasteiger partial charge on any atom is 0.313 e. The average molecular weight is 373 g/mol. The third kappa shape index (κ3) is 4.52. The molecule has 0 unspecified atom stereocenters. The molecule has 2 rings (SSSR count). The maximum absolute atomic E-state index is 12.2. The second-order valence-electron chi connectivity index (χ2n) is 6.71. The lowest BCUT2D eigenvalue weighted by Gasteiger charge is -2.30. The van der Waals surface area contributed by atoms with Crippen LogP contribution in [0.3, 0.4) is 0 Å². The number of nitrogens with two attached hydrogens (primary N) is 1. The number of esters is 1. The molecule has 6 heteroatoms. The van der Waals surface area contributed by atoms with E-state index in [1.807, 2.05) is 30.3 Å². The Morgan fingerprint density at radius 3 is 2.15 bits per heavy atom. The van der Waals surface area contributed by atoms with Crippen LogP contribution in [0.4, 0.5) is 0 Å². The van der Waals surface area contributed by atoms with Gasteiger partial charge in [-0.3, -0.25) is 4.79 Å². The fourth-order valence-corrected chi connectivity index (χ4v) is 2.76. The van der Waals surface area contributed by atoms with Crippen molar-refractivity contribution < 1.29 is 23.7 Å². The van der Waals surface area contributed by atoms with Crippen LogP contribution >= 0.6 is 0 Å². The molecule has 2 aromatic rings. The molecule has 6 nitrogen and oxygen atoms in total. The summed E-state index contributed by atoms with van der Waals surface area (Å²) >= 11 is 0. The highest BCUT2D eigenvalue weighted by Crippen LogP contribution is 2.42. The molecule has 0 heterocycles. The number of benzene rings is 2. The Bertz CT molecular complexity index is 774. The highest BCUT2D eigenvalue weighted by molar-refractivity contribution is 5.77. The van der Waals surface area contributed by atoms with Gasteiger partial charge in [0.05, 0.1) is 26.7 Å². The highest BCUT2D eigenvalue weighted by atomic mass is 16.5. The van der Waals surface area contributed by atoms with E-state index in [9.17, 15) is 4.79 Å². The van der Waals surface area contributed by atoms with Gasteiger partial charge in [-0.25, -0.2) is 0 Å². The molecule has 0 radical (unpaired) electrons. The van der Waals surface area contributed by atoms with Crippen molar-refractivity contribution >= 4 is 5.97 Å². The van der Waals surface area contributed by atoms with Gasteiger partial charge in [0.25, 0.3) is 0 Å². The molecule has 27 heavy (non-hydrogen) atoms. The van der Waals surface area contributed by atoms with Gasteiger partial charge in [-0.05, 0) is 25.5 Å².